The van der Waals surface area contributed by atoms with E-state index in [-0.39, 0.29) is 23.0 Å². The summed E-state index contributed by atoms with van der Waals surface area (Å²) in [4.78, 5) is 26.8. The lowest BCUT2D eigenvalue weighted by Crippen LogP contribution is -2.38. The summed E-state index contributed by atoms with van der Waals surface area (Å²) in [5.74, 6) is -0.655. The quantitative estimate of drug-likeness (QED) is 0.361. The van der Waals surface area contributed by atoms with Gasteiger partial charge in [-0.2, -0.15) is 4.31 Å². The number of hydrogen-bond donors (Lipinski definition) is 0. The van der Waals surface area contributed by atoms with Gasteiger partial charge >= 0.3 is 0 Å². The molecule has 0 radical (unpaired) electrons. The molecule has 0 aromatic heterocycles. The van der Waals surface area contributed by atoms with Crippen LogP contribution in [0, 0.1) is 0 Å². The van der Waals surface area contributed by atoms with Crippen molar-refractivity contribution in [2.75, 3.05) is 37.1 Å². The number of Topliss-reactive ketones (excluding diaryl/α,β-unsaturated/α-hetero) is 1. The molecule has 1 atom stereocenters. The summed E-state index contributed by atoms with van der Waals surface area (Å²) in [7, 11) is -2.26. The molecule has 8 nitrogen and oxygen atoms in total. The highest BCUT2D eigenvalue weighted by Crippen LogP contribution is 2.34. The number of ether oxygens (including phenoxy) is 2. The maximum atomic E-state index is 13.2. The summed E-state index contributed by atoms with van der Waals surface area (Å²) in [6.07, 6.45) is 1.48. The zero-order chi connectivity index (χ0) is 23.6. The van der Waals surface area contributed by atoms with Crippen LogP contribution in [0.25, 0.3) is 0 Å². The number of carbonyl (C=O) groups excluding carboxylic acids is 2. The highest BCUT2D eigenvalue weighted by atomic mass is 79.9. The number of alkyl halides is 1. The molecule has 176 valence electrons. The molecule has 33 heavy (non-hydrogen) atoms. The monoisotopic (exact) mass is 536 g/mol. The van der Waals surface area contributed by atoms with Gasteiger partial charge in [0.15, 0.2) is 0 Å². The molecule has 1 amide bonds. The van der Waals surface area contributed by atoms with E-state index in [1.807, 2.05) is 24.3 Å². The van der Waals surface area contributed by atoms with Gasteiger partial charge in [0, 0.05) is 25.0 Å². The summed E-state index contributed by atoms with van der Waals surface area (Å²) in [5.41, 5.74) is 1.35. The second kappa shape index (κ2) is 9.92. The van der Waals surface area contributed by atoms with Crippen molar-refractivity contribution < 1.29 is 27.5 Å². The van der Waals surface area contributed by atoms with Gasteiger partial charge in [0.2, 0.25) is 10.0 Å². The fraction of sp³-hybridized carbons (Fsp3) is 0.391. The fourth-order valence-corrected chi connectivity index (χ4v) is 6.11. The number of halogens is 1. The average Bonchev–Trinajstić information content (AvgIpc) is 3.38. The molecule has 1 fully saturated rings. The molecule has 2 aliphatic heterocycles. The van der Waals surface area contributed by atoms with Crippen molar-refractivity contribution in [2.45, 2.75) is 30.3 Å². The summed E-state index contributed by atoms with van der Waals surface area (Å²) < 4.78 is 38.6. The minimum atomic E-state index is -3.81. The fourth-order valence-electron chi connectivity index (χ4n) is 4.25. The van der Waals surface area contributed by atoms with Crippen LogP contribution in [0.4, 0.5) is 5.69 Å². The number of fused-ring (bicyclic) bond motifs is 1. The SMILES string of the molecule is COCC1CCCN1S(=O)(=O)c1ccc2c(c1)C(=O)C(=O)N2Cc1ccc(OCCBr)cc1. The predicted molar refractivity (Wildman–Crippen MR) is 126 cm³/mol. The van der Waals surface area contributed by atoms with Crippen LogP contribution in [-0.4, -0.2) is 62.7 Å². The van der Waals surface area contributed by atoms with Gasteiger partial charge in [0.1, 0.15) is 5.75 Å². The Bertz CT molecular complexity index is 1150. The topological polar surface area (TPSA) is 93.2 Å². The Morgan fingerprint density at radius 3 is 2.58 bits per heavy atom. The molecule has 1 unspecified atom stereocenters. The third kappa shape index (κ3) is 4.70. The van der Waals surface area contributed by atoms with E-state index in [9.17, 15) is 18.0 Å². The molecule has 2 heterocycles. The zero-order valence-corrected chi connectivity index (χ0v) is 20.6. The maximum absolute atomic E-state index is 13.2. The van der Waals surface area contributed by atoms with Gasteiger partial charge < -0.3 is 14.4 Å². The number of rotatable bonds is 9. The van der Waals surface area contributed by atoms with Crippen LogP contribution >= 0.6 is 15.9 Å². The molecule has 1 saturated heterocycles. The van der Waals surface area contributed by atoms with E-state index < -0.39 is 21.7 Å². The molecule has 0 aliphatic carbocycles. The van der Waals surface area contributed by atoms with Crippen LogP contribution < -0.4 is 9.64 Å². The van der Waals surface area contributed by atoms with Crippen molar-refractivity contribution in [3.05, 3.63) is 53.6 Å². The van der Waals surface area contributed by atoms with Gasteiger partial charge in [-0.15, -0.1) is 0 Å². The van der Waals surface area contributed by atoms with Crippen molar-refractivity contribution in [3.8, 4) is 5.75 Å². The maximum Gasteiger partial charge on any atom is 0.299 e. The number of nitrogens with zero attached hydrogens (tertiary/aromatic N) is 2. The first-order chi connectivity index (χ1) is 15.9. The minimum absolute atomic E-state index is 0.0144. The number of anilines is 1. The van der Waals surface area contributed by atoms with Gasteiger partial charge in [-0.1, -0.05) is 28.1 Å². The van der Waals surface area contributed by atoms with Crippen LogP contribution in [0.3, 0.4) is 0 Å². The first kappa shape index (κ1) is 23.9. The lowest BCUT2D eigenvalue weighted by atomic mass is 10.1. The van der Waals surface area contributed by atoms with E-state index in [0.29, 0.717) is 31.2 Å². The first-order valence-corrected chi connectivity index (χ1v) is 13.2. The van der Waals surface area contributed by atoms with Crippen LogP contribution in [0.1, 0.15) is 28.8 Å². The molecular formula is C23H25BrN2O6S. The Kier molecular flexibility index (Phi) is 7.18. The molecule has 2 aromatic carbocycles. The molecule has 4 rings (SSSR count). The molecule has 0 spiro atoms. The van der Waals surface area contributed by atoms with Gasteiger partial charge in [0.25, 0.3) is 11.7 Å². The van der Waals surface area contributed by atoms with Gasteiger partial charge in [-0.3, -0.25) is 9.59 Å². The Morgan fingerprint density at radius 1 is 1.12 bits per heavy atom. The van der Waals surface area contributed by atoms with Crippen LogP contribution in [-0.2, 0) is 26.1 Å². The van der Waals surface area contributed by atoms with Crippen molar-refractivity contribution in [1.82, 2.24) is 4.31 Å². The van der Waals surface area contributed by atoms with Crippen molar-refractivity contribution in [1.29, 1.82) is 0 Å². The molecule has 0 saturated carbocycles. The predicted octanol–water partition coefficient (Wildman–Crippen LogP) is 2.99. The van der Waals surface area contributed by atoms with Gasteiger partial charge in [0.05, 0.1) is 35.9 Å². The van der Waals surface area contributed by atoms with Gasteiger partial charge in [-0.25, -0.2) is 8.42 Å². The lowest BCUT2D eigenvalue weighted by Gasteiger charge is -2.24. The highest BCUT2D eigenvalue weighted by molar-refractivity contribution is 9.09. The summed E-state index contributed by atoms with van der Waals surface area (Å²) in [6, 6.07) is 11.4. The van der Waals surface area contributed by atoms with Crippen LogP contribution in [0.2, 0.25) is 0 Å². The average molecular weight is 537 g/mol. The molecule has 2 aliphatic rings. The van der Waals surface area contributed by atoms with Crippen molar-refractivity contribution >= 4 is 43.3 Å². The molecule has 2 aromatic rings. The molecule has 0 bridgehead atoms. The highest BCUT2D eigenvalue weighted by Gasteiger charge is 2.39. The number of benzene rings is 2. The molecular weight excluding hydrogens is 512 g/mol. The van der Waals surface area contributed by atoms with E-state index in [1.165, 1.54) is 21.3 Å². The summed E-state index contributed by atoms with van der Waals surface area (Å²) in [5, 5.41) is 0.721. The van der Waals surface area contributed by atoms with E-state index >= 15 is 0 Å². The second-order valence-electron chi connectivity index (χ2n) is 7.95. The third-order valence-corrected chi connectivity index (χ3v) is 8.11. The summed E-state index contributed by atoms with van der Waals surface area (Å²) in [6.45, 7) is 1.46. The first-order valence-electron chi connectivity index (χ1n) is 10.7. The Labute approximate surface area is 201 Å². The van der Waals surface area contributed by atoms with Crippen LogP contribution in [0.15, 0.2) is 47.4 Å². The Morgan fingerprint density at radius 2 is 1.88 bits per heavy atom. The Balaban J connectivity index is 1.58. The number of carbonyl (C=O) groups is 2. The number of sulfonamides is 1. The largest absolute Gasteiger partial charge is 0.493 e. The van der Waals surface area contributed by atoms with Crippen molar-refractivity contribution in [3.63, 3.8) is 0 Å². The number of amides is 1. The van der Waals surface area contributed by atoms with E-state index in [4.69, 9.17) is 9.47 Å². The van der Waals surface area contributed by atoms with Gasteiger partial charge in [-0.05, 0) is 48.7 Å². The number of methoxy groups -OCH3 is 1. The lowest BCUT2D eigenvalue weighted by molar-refractivity contribution is -0.114. The Hall–Kier alpha value is -2.27. The van der Waals surface area contributed by atoms with Crippen molar-refractivity contribution in [2.24, 2.45) is 0 Å². The summed E-state index contributed by atoms with van der Waals surface area (Å²) >= 11 is 3.31. The number of ketones is 1. The van der Waals surface area contributed by atoms with E-state index in [1.54, 1.807) is 13.2 Å². The van der Waals surface area contributed by atoms with Crippen LogP contribution in [0.5, 0.6) is 5.75 Å². The molecule has 10 heteroatoms. The standard InChI is InChI=1S/C23H25BrN2O6S/c1-31-15-17-3-2-11-26(17)33(29,30)19-8-9-21-20(13-19)22(27)23(28)25(21)14-16-4-6-18(7-5-16)32-12-10-24/h4-9,13,17H,2-3,10-12,14-15H2,1H3. The zero-order valence-electron chi connectivity index (χ0n) is 18.2. The van der Waals surface area contributed by atoms with E-state index in [0.717, 1.165) is 23.7 Å². The molecule has 0 N–H and O–H groups in total. The second-order valence-corrected chi connectivity index (χ2v) is 10.6. The normalized spacial score (nSPS) is 18.7. The third-order valence-electron chi connectivity index (χ3n) is 5.84. The minimum Gasteiger partial charge on any atom is -0.493 e. The smallest absolute Gasteiger partial charge is 0.299 e. The number of hydrogen-bond acceptors (Lipinski definition) is 6. The van der Waals surface area contributed by atoms with E-state index in [2.05, 4.69) is 15.9 Å².